The average molecular weight is 239 g/mol. The second-order valence-corrected chi connectivity index (χ2v) is 4.58. The Kier molecular flexibility index (Phi) is 4.50. The van der Waals surface area contributed by atoms with Crippen molar-refractivity contribution in [2.75, 3.05) is 6.54 Å². The van der Waals surface area contributed by atoms with Gasteiger partial charge in [-0.3, -0.25) is 0 Å². The molecule has 0 saturated heterocycles. The van der Waals surface area contributed by atoms with Gasteiger partial charge in [-0.2, -0.15) is 4.98 Å². The van der Waals surface area contributed by atoms with Crippen molar-refractivity contribution in [1.29, 1.82) is 0 Å². The number of nitrogens with one attached hydrogen (secondary N) is 1. The van der Waals surface area contributed by atoms with Crippen molar-refractivity contribution in [2.24, 2.45) is 0 Å². The minimum absolute atomic E-state index is 0.345. The summed E-state index contributed by atoms with van der Waals surface area (Å²) in [5.41, 5.74) is 0. The third-order valence-electron chi connectivity index (χ3n) is 3.18. The fourth-order valence-electron chi connectivity index (χ4n) is 2.31. The van der Waals surface area contributed by atoms with Crippen molar-refractivity contribution in [3.63, 3.8) is 0 Å². The van der Waals surface area contributed by atoms with E-state index in [9.17, 15) is 0 Å². The SMILES string of the molecule is CCNC1CCC(OCc2nc(C)no2)CC1. The number of nitrogens with zero attached hydrogens (tertiary/aromatic N) is 2. The lowest BCUT2D eigenvalue weighted by atomic mass is 9.93. The molecule has 1 aliphatic rings. The largest absolute Gasteiger partial charge is 0.368 e. The second kappa shape index (κ2) is 6.12. The van der Waals surface area contributed by atoms with E-state index in [-0.39, 0.29) is 0 Å². The lowest BCUT2D eigenvalue weighted by Gasteiger charge is -2.28. The zero-order chi connectivity index (χ0) is 12.1. The highest BCUT2D eigenvalue weighted by atomic mass is 16.5. The van der Waals surface area contributed by atoms with Crippen molar-refractivity contribution in [1.82, 2.24) is 15.5 Å². The van der Waals surface area contributed by atoms with E-state index in [1.807, 2.05) is 6.92 Å². The summed E-state index contributed by atoms with van der Waals surface area (Å²) in [6, 6.07) is 0.672. The molecule has 1 aromatic heterocycles. The quantitative estimate of drug-likeness (QED) is 0.849. The van der Waals surface area contributed by atoms with Crippen LogP contribution in [-0.4, -0.2) is 28.8 Å². The van der Waals surface area contributed by atoms with E-state index in [1.54, 1.807) is 0 Å². The number of aryl methyl sites for hydroxylation is 1. The number of hydrogen-bond donors (Lipinski definition) is 1. The maximum Gasteiger partial charge on any atom is 0.252 e. The van der Waals surface area contributed by atoms with E-state index in [4.69, 9.17) is 9.26 Å². The van der Waals surface area contributed by atoms with Crippen molar-refractivity contribution in [3.8, 4) is 0 Å². The van der Waals surface area contributed by atoms with Crippen LogP contribution in [0.1, 0.15) is 44.3 Å². The smallest absolute Gasteiger partial charge is 0.252 e. The zero-order valence-corrected chi connectivity index (χ0v) is 10.6. The molecule has 0 aromatic carbocycles. The summed E-state index contributed by atoms with van der Waals surface area (Å²) in [6.07, 6.45) is 4.97. The molecule has 1 saturated carbocycles. The van der Waals surface area contributed by atoms with Gasteiger partial charge in [0.1, 0.15) is 6.61 Å². The summed E-state index contributed by atoms with van der Waals surface area (Å²) in [5, 5.41) is 7.23. The van der Waals surface area contributed by atoms with Gasteiger partial charge in [-0.25, -0.2) is 0 Å². The molecule has 0 atom stereocenters. The first-order chi connectivity index (χ1) is 8.28. The molecule has 0 amide bonds. The molecule has 1 aliphatic carbocycles. The molecule has 2 rings (SSSR count). The van der Waals surface area contributed by atoms with Crippen molar-refractivity contribution in [3.05, 3.63) is 11.7 Å². The third-order valence-corrected chi connectivity index (χ3v) is 3.18. The number of rotatable bonds is 5. The van der Waals surface area contributed by atoms with Gasteiger partial charge in [0.05, 0.1) is 6.10 Å². The molecule has 1 N–H and O–H groups in total. The predicted octanol–water partition coefficient (Wildman–Crippen LogP) is 1.82. The lowest BCUT2D eigenvalue weighted by Crippen LogP contribution is -2.35. The van der Waals surface area contributed by atoms with Crippen LogP contribution in [0.5, 0.6) is 0 Å². The number of aromatic nitrogens is 2. The molecule has 1 heterocycles. The van der Waals surface area contributed by atoms with Gasteiger partial charge in [0.2, 0.25) is 0 Å². The summed E-state index contributed by atoms with van der Waals surface area (Å²) in [6.45, 7) is 5.46. The zero-order valence-electron chi connectivity index (χ0n) is 10.6. The van der Waals surface area contributed by atoms with Gasteiger partial charge in [-0.05, 0) is 39.2 Å². The van der Waals surface area contributed by atoms with Crippen LogP contribution >= 0.6 is 0 Å². The molecule has 0 aliphatic heterocycles. The molecule has 0 spiro atoms. The van der Waals surface area contributed by atoms with Gasteiger partial charge in [0, 0.05) is 6.04 Å². The molecule has 0 radical (unpaired) electrons. The normalized spacial score (nSPS) is 25.1. The van der Waals surface area contributed by atoms with Crippen LogP contribution < -0.4 is 5.32 Å². The first-order valence-corrected chi connectivity index (χ1v) is 6.42. The van der Waals surface area contributed by atoms with E-state index in [0.29, 0.717) is 30.5 Å². The van der Waals surface area contributed by atoms with E-state index >= 15 is 0 Å². The first-order valence-electron chi connectivity index (χ1n) is 6.42. The summed E-state index contributed by atoms with van der Waals surface area (Å²) in [5.74, 6) is 1.25. The van der Waals surface area contributed by atoms with Crippen LogP contribution in [0.2, 0.25) is 0 Å². The maximum atomic E-state index is 5.78. The number of hydrogen-bond acceptors (Lipinski definition) is 5. The van der Waals surface area contributed by atoms with Crippen molar-refractivity contribution in [2.45, 2.75) is 58.3 Å². The van der Waals surface area contributed by atoms with E-state index in [2.05, 4.69) is 22.4 Å². The Morgan fingerprint density at radius 1 is 1.35 bits per heavy atom. The van der Waals surface area contributed by atoms with Gasteiger partial charge in [-0.15, -0.1) is 0 Å². The monoisotopic (exact) mass is 239 g/mol. The summed E-state index contributed by atoms with van der Waals surface area (Å²) in [4.78, 5) is 4.12. The summed E-state index contributed by atoms with van der Waals surface area (Å²) >= 11 is 0. The Labute approximate surface area is 102 Å². The van der Waals surface area contributed by atoms with Gasteiger partial charge >= 0.3 is 0 Å². The minimum atomic E-state index is 0.345. The molecular weight excluding hydrogens is 218 g/mol. The van der Waals surface area contributed by atoms with Crippen LogP contribution in [0.15, 0.2) is 4.52 Å². The molecule has 96 valence electrons. The van der Waals surface area contributed by atoms with Gasteiger partial charge in [0.25, 0.3) is 5.89 Å². The molecule has 5 nitrogen and oxygen atoms in total. The van der Waals surface area contributed by atoms with Crippen LogP contribution in [0.4, 0.5) is 0 Å². The standard InChI is InChI=1S/C12H21N3O2/c1-3-13-10-4-6-11(7-5-10)16-8-12-14-9(2)15-17-12/h10-11,13H,3-8H2,1-2H3. The Hall–Kier alpha value is -0.940. The van der Waals surface area contributed by atoms with Gasteiger partial charge in [0.15, 0.2) is 5.82 Å². The average Bonchev–Trinajstić information content (AvgIpc) is 2.75. The van der Waals surface area contributed by atoms with E-state index in [1.165, 1.54) is 12.8 Å². The highest BCUT2D eigenvalue weighted by Crippen LogP contribution is 2.21. The minimum Gasteiger partial charge on any atom is -0.368 e. The Bertz CT molecular complexity index is 332. The van der Waals surface area contributed by atoms with Crippen LogP contribution in [0.3, 0.4) is 0 Å². The first kappa shape index (κ1) is 12.5. The molecular formula is C12H21N3O2. The number of ether oxygens (including phenoxy) is 1. The Morgan fingerprint density at radius 3 is 2.71 bits per heavy atom. The van der Waals surface area contributed by atoms with Gasteiger partial charge in [-0.1, -0.05) is 12.1 Å². The fraction of sp³-hybridized carbons (Fsp3) is 0.833. The highest BCUT2D eigenvalue weighted by molar-refractivity contribution is 4.82. The molecule has 1 aromatic rings. The summed E-state index contributed by atoms with van der Waals surface area (Å²) < 4.78 is 10.8. The van der Waals surface area contributed by atoms with Crippen LogP contribution in [0.25, 0.3) is 0 Å². The molecule has 0 unspecified atom stereocenters. The van der Waals surface area contributed by atoms with Crippen molar-refractivity contribution < 1.29 is 9.26 Å². The van der Waals surface area contributed by atoms with Crippen LogP contribution in [0, 0.1) is 6.92 Å². The lowest BCUT2D eigenvalue weighted by molar-refractivity contribution is -0.000129. The fourth-order valence-corrected chi connectivity index (χ4v) is 2.31. The van der Waals surface area contributed by atoms with Crippen LogP contribution in [-0.2, 0) is 11.3 Å². The van der Waals surface area contributed by atoms with E-state index in [0.717, 1.165) is 19.4 Å². The second-order valence-electron chi connectivity index (χ2n) is 4.58. The highest BCUT2D eigenvalue weighted by Gasteiger charge is 2.21. The third kappa shape index (κ3) is 3.78. The molecule has 5 heteroatoms. The molecule has 0 bridgehead atoms. The molecule has 1 fully saturated rings. The maximum absolute atomic E-state index is 5.78. The topological polar surface area (TPSA) is 60.2 Å². The predicted molar refractivity (Wildman–Crippen MR) is 63.5 cm³/mol. The summed E-state index contributed by atoms with van der Waals surface area (Å²) in [7, 11) is 0. The van der Waals surface area contributed by atoms with E-state index < -0.39 is 0 Å². The Balaban J connectivity index is 1.68. The Morgan fingerprint density at radius 2 is 2.12 bits per heavy atom. The molecule has 17 heavy (non-hydrogen) atoms. The van der Waals surface area contributed by atoms with Crippen molar-refractivity contribution >= 4 is 0 Å². The van der Waals surface area contributed by atoms with Gasteiger partial charge < -0.3 is 14.6 Å².